The molecule has 0 radical (unpaired) electrons. The van der Waals surface area contributed by atoms with Crippen LogP contribution in [0.4, 0.5) is 0 Å². The summed E-state index contributed by atoms with van der Waals surface area (Å²) in [6, 6.07) is 5.66. The predicted molar refractivity (Wildman–Crippen MR) is 75.6 cm³/mol. The number of aryl methyl sites for hydroxylation is 1. The van der Waals surface area contributed by atoms with Crippen LogP contribution in [-0.2, 0) is 13.2 Å². The van der Waals surface area contributed by atoms with Crippen molar-refractivity contribution in [3.63, 3.8) is 0 Å². The van der Waals surface area contributed by atoms with Crippen molar-refractivity contribution in [2.75, 3.05) is 7.11 Å². The number of aromatic nitrogens is 3. The van der Waals surface area contributed by atoms with Crippen LogP contribution in [0.15, 0.2) is 24.5 Å². The third kappa shape index (κ3) is 3.08. The number of hydrogen-bond acceptors (Lipinski definition) is 5. The standard InChI is InChI=1S/C14H20N4O2/c1-4-18-14(16-9-17-18)8-20-12-6-5-11(10(2)15)7-13(12)19-3/h5-7,9-10H,4,8,15H2,1-3H3/t10-/m0/s1. The molecule has 1 aromatic heterocycles. The number of ether oxygens (including phenoxy) is 2. The molecule has 0 aliphatic rings. The molecule has 1 atom stereocenters. The van der Waals surface area contributed by atoms with E-state index in [-0.39, 0.29) is 6.04 Å². The molecule has 2 N–H and O–H groups in total. The summed E-state index contributed by atoms with van der Waals surface area (Å²) in [4.78, 5) is 4.17. The number of methoxy groups -OCH3 is 1. The summed E-state index contributed by atoms with van der Waals surface area (Å²) in [5.74, 6) is 2.12. The summed E-state index contributed by atoms with van der Waals surface area (Å²) in [7, 11) is 1.61. The molecule has 6 nitrogen and oxygen atoms in total. The summed E-state index contributed by atoms with van der Waals surface area (Å²) in [6.07, 6.45) is 1.53. The first-order chi connectivity index (χ1) is 9.65. The molecular formula is C14H20N4O2. The Labute approximate surface area is 118 Å². The zero-order valence-electron chi connectivity index (χ0n) is 12.0. The van der Waals surface area contributed by atoms with Crippen LogP contribution in [0, 0.1) is 0 Å². The van der Waals surface area contributed by atoms with Gasteiger partial charge in [0.15, 0.2) is 17.3 Å². The number of benzene rings is 1. The SMILES string of the molecule is CCn1ncnc1COc1ccc([C@H](C)N)cc1OC. The van der Waals surface area contributed by atoms with Gasteiger partial charge in [-0.25, -0.2) is 9.67 Å². The van der Waals surface area contributed by atoms with Crippen molar-refractivity contribution in [3.8, 4) is 11.5 Å². The summed E-state index contributed by atoms with van der Waals surface area (Å²) < 4.78 is 12.9. The molecule has 6 heteroatoms. The Morgan fingerprint density at radius 3 is 2.80 bits per heavy atom. The summed E-state index contributed by atoms with van der Waals surface area (Å²) >= 11 is 0. The Morgan fingerprint density at radius 1 is 1.35 bits per heavy atom. The van der Waals surface area contributed by atoms with E-state index in [9.17, 15) is 0 Å². The van der Waals surface area contributed by atoms with Gasteiger partial charge in [0.2, 0.25) is 0 Å². The lowest BCUT2D eigenvalue weighted by atomic mass is 10.1. The molecule has 0 aliphatic heterocycles. The van der Waals surface area contributed by atoms with Gasteiger partial charge in [-0.2, -0.15) is 5.10 Å². The van der Waals surface area contributed by atoms with E-state index in [4.69, 9.17) is 15.2 Å². The lowest BCUT2D eigenvalue weighted by Crippen LogP contribution is -2.08. The molecule has 108 valence electrons. The maximum atomic E-state index is 5.86. The van der Waals surface area contributed by atoms with Crippen LogP contribution < -0.4 is 15.2 Å². The topological polar surface area (TPSA) is 75.2 Å². The number of hydrogen-bond donors (Lipinski definition) is 1. The van der Waals surface area contributed by atoms with E-state index in [2.05, 4.69) is 10.1 Å². The van der Waals surface area contributed by atoms with Gasteiger partial charge >= 0.3 is 0 Å². The molecule has 1 heterocycles. The van der Waals surface area contributed by atoms with Crippen molar-refractivity contribution in [3.05, 3.63) is 35.9 Å². The Morgan fingerprint density at radius 2 is 2.15 bits per heavy atom. The van der Waals surface area contributed by atoms with Gasteiger partial charge in [-0.1, -0.05) is 6.07 Å². The lowest BCUT2D eigenvalue weighted by Gasteiger charge is -2.13. The monoisotopic (exact) mass is 276 g/mol. The zero-order chi connectivity index (χ0) is 14.5. The molecule has 1 aromatic carbocycles. The van der Waals surface area contributed by atoms with Crippen LogP contribution in [0.3, 0.4) is 0 Å². The summed E-state index contributed by atoms with van der Waals surface area (Å²) in [5, 5.41) is 4.10. The maximum Gasteiger partial charge on any atom is 0.164 e. The molecular weight excluding hydrogens is 256 g/mol. The zero-order valence-corrected chi connectivity index (χ0v) is 12.0. The van der Waals surface area contributed by atoms with Gasteiger partial charge < -0.3 is 15.2 Å². The second kappa shape index (κ2) is 6.38. The van der Waals surface area contributed by atoms with Crippen LogP contribution >= 0.6 is 0 Å². The molecule has 2 rings (SSSR count). The van der Waals surface area contributed by atoms with Gasteiger partial charge in [-0.05, 0) is 31.5 Å². The van der Waals surface area contributed by atoms with Crippen LogP contribution in [0.5, 0.6) is 11.5 Å². The highest BCUT2D eigenvalue weighted by Crippen LogP contribution is 2.30. The average Bonchev–Trinajstić information content (AvgIpc) is 2.92. The average molecular weight is 276 g/mol. The van der Waals surface area contributed by atoms with Crippen molar-refractivity contribution < 1.29 is 9.47 Å². The lowest BCUT2D eigenvalue weighted by molar-refractivity contribution is 0.269. The second-order valence-electron chi connectivity index (χ2n) is 4.48. The van der Waals surface area contributed by atoms with Gasteiger partial charge in [-0.3, -0.25) is 0 Å². The van der Waals surface area contributed by atoms with Crippen LogP contribution in [0.25, 0.3) is 0 Å². The van der Waals surface area contributed by atoms with Gasteiger partial charge in [0.05, 0.1) is 7.11 Å². The molecule has 0 bridgehead atoms. The molecule has 2 aromatic rings. The minimum absolute atomic E-state index is 0.0406. The molecule has 0 saturated carbocycles. The first-order valence-electron chi connectivity index (χ1n) is 6.58. The third-order valence-electron chi connectivity index (χ3n) is 3.07. The van der Waals surface area contributed by atoms with E-state index in [0.29, 0.717) is 18.1 Å². The first kappa shape index (κ1) is 14.3. The van der Waals surface area contributed by atoms with Crippen molar-refractivity contribution >= 4 is 0 Å². The minimum Gasteiger partial charge on any atom is -0.493 e. The molecule has 0 saturated heterocycles. The predicted octanol–water partition coefficient (Wildman–Crippen LogP) is 1.91. The Balaban J connectivity index is 2.13. The molecule has 0 aliphatic carbocycles. The van der Waals surface area contributed by atoms with Crippen molar-refractivity contribution in [2.45, 2.75) is 33.0 Å². The van der Waals surface area contributed by atoms with Crippen molar-refractivity contribution in [1.82, 2.24) is 14.8 Å². The fraction of sp³-hybridized carbons (Fsp3) is 0.429. The number of rotatable bonds is 6. The van der Waals surface area contributed by atoms with Gasteiger partial charge in [-0.15, -0.1) is 0 Å². The number of nitrogens with zero attached hydrogens (tertiary/aromatic N) is 3. The second-order valence-corrected chi connectivity index (χ2v) is 4.48. The van der Waals surface area contributed by atoms with Gasteiger partial charge in [0.1, 0.15) is 12.9 Å². The highest BCUT2D eigenvalue weighted by Gasteiger charge is 2.10. The molecule has 0 unspecified atom stereocenters. The fourth-order valence-corrected chi connectivity index (χ4v) is 1.89. The Kier molecular flexibility index (Phi) is 4.57. The number of nitrogens with two attached hydrogens (primary N) is 1. The van der Waals surface area contributed by atoms with E-state index >= 15 is 0 Å². The normalized spacial score (nSPS) is 12.2. The molecule has 0 spiro atoms. The molecule has 0 fully saturated rings. The van der Waals surface area contributed by atoms with Crippen molar-refractivity contribution in [2.24, 2.45) is 5.73 Å². The van der Waals surface area contributed by atoms with E-state index < -0.39 is 0 Å². The molecule has 20 heavy (non-hydrogen) atoms. The first-order valence-corrected chi connectivity index (χ1v) is 6.58. The smallest absolute Gasteiger partial charge is 0.164 e. The van der Waals surface area contributed by atoms with E-state index in [1.54, 1.807) is 11.8 Å². The largest absolute Gasteiger partial charge is 0.493 e. The maximum absolute atomic E-state index is 5.86. The third-order valence-corrected chi connectivity index (χ3v) is 3.07. The minimum atomic E-state index is -0.0406. The fourth-order valence-electron chi connectivity index (χ4n) is 1.89. The van der Waals surface area contributed by atoms with Crippen LogP contribution in [0.2, 0.25) is 0 Å². The summed E-state index contributed by atoms with van der Waals surface area (Å²) in [5.41, 5.74) is 6.86. The quantitative estimate of drug-likeness (QED) is 0.872. The van der Waals surface area contributed by atoms with E-state index in [1.807, 2.05) is 32.0 Å². The van der Waals surface area contributed by atoms with Crippen molar-refractivity contribution in [1.29, 1.82) is 0 Å². The van der Waals surface area contributed by atoms with Crippen LogP contribution in [-0.4, -0.2) is 21.9 Å². The Hall–Kier alpha value is -2.08. The highest BCUT2D eigenvalue weighted by molar-refractivity contribution is 5.43. The molecule has 0 amide bonds. The van der Waals surface area contributed by atoms with Gasteiger partial charge in [0.25, 0.3) is 0 Å². The van der Waals surface area contributed by atoms with Gasteiger partial charge in [0, 0.05) is 12.6 Å². The highest BCUT2D eigenvalue weighted by atomic mass is 16.5. The van der Waals surface area contributed by atoms with E-state index in [0.717, 1.165) is 17.9 Å². The van der Waals surface area contributed by atoms with E-state index in [1.165, 1.54) is 6.33 Å². The van der Waals surface area contributed by atoms with Crippen LogP contribution in [0.1, 0.15) is 31.3 Å². The summed E-state index contributed by atoms with van der Waals surface area (Å²) in [6.45, 7) is 5.05. The Bertz CT molecular complexity index is 566.